The van der Waals surface area contributed by atoms with Crippen LogP contribution < -0.4 is 10.6 Å². The van der Waals surface area contributed by atoms with Crippen LogP contribution in [-0.4, -0.2) is 17.9 Å². The van der Waals surface area contributed by atoms with E-state index in [0.29, 0.717) is 6.54 Å². The van der Waals surface area contributed by atoms with E-state index >= 15 is 0 Å². The molecule has 0 aliphatic carbocycles. The van der Waals surface area contributed by atoms with Gasteiger partial charge in [0.2, 0.25) is 0 Å². The standard InChI is InChI=1S/C26H27FN2O2/c27-23-11-13-24(14-12-23)29-17-22(5-1-3-19-4-2-6-25(31)15-19)26(29,18-30)21-9-7-20(16-28)8-10-21/h2,4,6-15,18,22,31H,1,3,5,16-17,28H2. The number of carbonyl (C=O) groups excluding carboxylic acids is 1. The lowest BCUT2D eigenvalue weighted by atomic mass is 9.67. The molecule has 4 nitrogen and oxygen atoms in total. The monoisotopic (exact) mass is 418 g/mol. The zero-order chi connectivity index (χ0) is 21.8. The summed E-state index contributed by atoms with van der Waals surface area (Å²) in [6, 6.07) is 21.5. The molecular formula is C26H27FN2O2. The molecule has 1 aliphatic heterocycles. The Labute approximate surface area is 182 Å². The number of aryl methyl sites for hydroxylation is 1. The first kappa shape index (κ1) is 21.1. The van der Waals surface area contributed by atoms with Crippen molar-refractivity contribution in [2.75, 3.05) is 11.4 Å². The number of aromatic hydroxyl groups is 1. The van der Waals surface area contributed by atoms with E-state index in [4.69, 9.17) is 5.73 Å². The molecule has 160 valence electrons. The Hall–Kier alpha value is -3.18. The van der Waals surface area contributed by atoms with Gasteiger partial charge in [-0.25, -0.2) is 4.39 Å². The molecule has 1 saturated heterocycles. The largest absolute Gasteiger partial charge is 0.508 e. The summed E-state index contributed by atoms with van der Waals surface area (Å²) in [5, 5.41) is 9.68. The number of nitrogens with two attached hydrogens (primary N) is 1. The minimum absolute atomic E-state index is 0.135. The number of hydrogen-bond donors (Lipinski definition) is 2. The van der Waals surface area contributed by atoms with Crippen LogP contribution in [0, 0.1) is 11.7 Å². The Bertz CT molecular complexity index is 1040. The molecule has 3 N–H and O–H groups in total. The lowest BCUT2D eigenvalue weighted by Crippen LogP contribution is -2.66. The molecule has 0 aromatic heterocycles. The number of nitrogens with zero attached hydrogens (tertiary/aromatic N) is 1. The van der Waals surface area contributed by atoms with Crippen molar-refractivity contribution in [3.63, 3.8) is 0 Å². The third kappa shape index (κ3) is 4.06. The van der Waals surface area contributed by atoms with Crippen molar-refractivity contribution in [3.05, 3.63) is 95.3 Å². The van der Waals surface area contributed by atoms with Crippen LogP contribution >= 0.6 is 0 Å². The van der Waals surface area contributed by atoms with Crippen LogP contribution in [0.3, 0.4) is 0 Å². The summed E-state index contributed by atoms with van der Waals surface area (Å²) >= 11 is 0. The van der Waals surface area contributed by atoms with Gasteiger partial charge in [0.1, 0.15) is 17.1 Å². The van der Waals surface area contributed by atoms with Gasteiger partial charge in [0, 0.05) is 24.7 Å². The summed E-state index contributed by atoms with van der Waals surface area (Å²) in [5.74, 6) is 0.109. The fraction of sp³-hybridized carbons (Fsp3) is 0.269. The maximum absolute atomic E-state index is 13.5. The van der Waals surface area contributed by atoms with Gasteiger partial charge in [0.15, 0.2) is 6.29 Å². The average molecular weight is 419 g/mol. The topological polar surface area (TPSA) is 66.6 Å². The number of rotatable bonds is 8. The second kappa shape index (κ2) is 8.90. The highest BCUT2D eigenvalue weighted by atomic mass is 19.1. The molecule has 3 aromatic carbocycles. The molecule has 3 aromatic rings. The lowest BCUT2D eigenvalue weighted by molar-refractivity contribution is -0.117. The number of hydrogen-bond acceptors (Lipinski definition) is 4. The average Bonchev–Trinajstić information content (AvgIpc) is 2.78. The molecule has 4 rings (SSSR count). The predicted molar refractivity (Wildman–Crippen MR) is 120 cm³/mol. The first-order chi connectivity index (χ1) is 15.1. The van der Waals surface area contributed by atoms with Crippen molar-refractivity contribution in [2.45, 2.75) is 31.3 Å². The summed E-state index contributed by atoms with van der Waals surface area (Å²) in [7, 11) is 0. The zero-order valence-electron chi connectivity index (χ0n) is 17.4. The van der Waals surface area contributed by atoms with Crippen molar-refractivity contribution >= 4 is 12.0 Å². The maximum atomic E-state index is 13.5. The van der Waals surface area contributed by atoms with Crippen LogP contribution in [0.1, 0.15) is 29.5 Å². The van der Waals surface area contributed by atoms with Gasteiger partial charge in [0.25, 0.3) is 0 Å². The Balaban J connectivity index is 1.59. The van der Waals surface area contributed by atoms with E-state index < -0.39 is 5.54 Å². The lowest BCUT2D eigenvalue weighted by Gasteiger charge is -2.57. The van der Waals surface area contributed by atoms with Crippen LogP contribution in [0.2, 0.25) is 0 Å². The summed E-state index contributed by atoms with van der Waals surface area (Å²) in [6.07, 6.45) is 3.64. The third-order valence-electron chi connectivity index (χ3n) is 6.37. The fourth-order valence-corrected chi connectivity index (χ4v) is 4.66. The number of anilines is 1. The molecule has 1 heterocycles. The van der Waals surface area contributed by atoms with Gasteiger partial charge in [-0.3, -0.25) is 0 Å². The van der Waals surface area contributed by atoms with Gasteiger partial charge in [-0.15, -0.1) is 0 Å². The van der Waals surface area contributed by atoms with Crippen LogP contribution in [0.4, 0.5) is 10.1 Å². The van der Waals surface area contributed by atoms with Crippen molar-refractivity contribution in [1.29, 1.82) is 0 Å². The van der Waals surface area contributed by atoms with Crippen LogP contribution in [0.25, 0.3) is 0 Å². The number of aldehydes is 1. The molecule has 1 aliphatic rings. The highest BCUT2D eigenvalue weighted by Gasteiger charge is 2.54. The molecule has 0 saturated carbocycles. The van der Waals surface area contributed by atoms with E-state index in [1.807, 2.05) is 36.4 Å². The highest BCUT2D eigenvalue weighted by Crippen LogP contribution is 2.48. The Kier molecular flexibility index (Phi) is 6.05. The van der Waals surface area contributed by atoms with E-state index in [2.05, 4.69) is 4.90 Å². The number of phenolic OH excluding ortho intramolecular Hbond substituents is 1. The Morgan fingerprint density at radius 1 is 1.06 bits per heavy atom. The van der Waals surface area contributed by atoms with Gasteiger partial charge in [-0.05, 0) is 72.4 Å². The molecule has 0 bridgehead atoms. The fourth-order valence-electron chi connectivity index (χ4n) is 4.66. The second-order valence-corrected chi connectivity index (χ2v) is 8.19. The molecule has 1 fully saturated rings. The number of phenols is 1. The van der Waals surface area contributed by atoms with E-state index in [9.17, 15) is 14.3 Å². The van der Waals surface area contributed by atoms with E-state index in [1.165, 1.54) is 12.1 Å². The van der Waals surface area contributed by atoms with E-state index in [-0.39, 0.29) is 17.5 Å². The quantitative estimate of drug-likeness (QED) is 0.527. The summed E-state index contributed by atoms with van der Waals surface area (Å²) < 4.78 is 13.5. The van der Waals surface area contributed by atoms with Gasteiger partial charge < -0.3 is 20.5 Å². The molecule has 0 radical (unpaired) electrons. The summed E-state index contributed by atoms with van der Waals surface area (Å²) in [5.41, 5.74) is 8.81. The highest BCUT2D eigenvalue weighted by molar-refractivity contribution is 5.79. The molecule has 2 atom stereocenters. The van der Waals surface area contributed by atoms with Crippen LogP contribution in [0.5, 0.6) is 5.75 Å². The van der Waals surface area contributed by atoms with Gasteiger partial charge in [-0.1, -0.05) is 36.4 Å². The number of halogens is 1. The van der Waals surface area contributed by atoms with Crippen molar-refractivity contribution in [1.82, 2.24) is 0 Å². The Morgan fingerprint density at radius 2 is 1.81 bits per heavy atom. The SMILES string of the molecule is NCc1ccc(C2(C=O)C(CCCc3cccc(O)c3)CN2c2ccc(F)cc2)cc1. The minimum Gasteiger partial charge on any atom is -0.508 e. The van der Waals surface area contributed by atoms with Gasteiger partial charge in [-0.2, -0.15) is 0 Å². The molecule has 0 spiro atoms. The molecule has 2 unspecified atom stereocenters. The maximum Gasteiger partial charge on any atom is 0.150 e. The first-order valence-electron chi connectivity index (χ1n) is 10.6. The first-order valence-corrected chi connectivity index (χ1v) is 10.6. The van der Waals surface area contributed by atoms with Crippen molar-refractivity contribution < 1.29 is 14.3 Å². The second-order valence-electron chi connectivity index (χ2n) is 8.19. The normalized spacial score (nSPS) is 20.3. The predicted octanol–water partition coefficient (Wildman–Crippen LogP) is 4.54. The summed E-state index contributed by atoms with van der Waals surface area (Å²) in [4.78, 5) is 14.7. The van der Waals surface area contributed by atoms with E-state index in [0.717, 1.165) is 54.5 Å². The molecule has 31 heavy (non-hydrogen) atoms. The number of carbonyl (C=O) groups is 1. The third-order valence-corrected chi connectivity index (χ3v) is 6.37. The van der Waals surface area contributed by atoms with Gasteiger partial charge >= 0.3 is 0 Å². The van der Waals surface area contributed by atoms with Crippen molar-refractivity contribution in [2.24, 2.45) is 11.7 Å². The van der Waals surface area contributed by atoms with Crippen molar-refractivity contribution in [3.8, 4) is 5.75 Å². The smallest absolute Gasteiger partial charge is 0.150 e. The minimum atomic E-state index is -0.788. The Morgan fingerprint density at radius 3 is 2.45 bits per heavy atom. The van der Waals surface area contributed by atoms with Crippen LogP contribution in [-0.2, 0) is 23.3 Å². The van der Waals surface area contributed by atoms with Gasteiger partial charge in [0.05, 0.1) is 0 Å². The van der Waals surface area contributed by atoms with Crippen LogP contribution in [0.15, 0.2) is 72.8 Å². The number of benzene rings is 3. The zero-order valence-corrected chi connectivity index (χ0v) is 17.4. The molecule has 5 heteroatoms. The summed E-state index contributed by atoms with van der Waals surface area (Å²) in [6.45, 7) is 1.17. The molecule has 0 amide bonds. The molecular weight excluding hydrogens is 391 g/mol. The van der Waals surface area contributed by atoms with E-state index in [1.54, 1.807) is 24.3 Å².